The Kier molecular flexibility index (Phi) is 5.85. The maximum absolute atomic E-state index is 13.4. The van der Waals surface area contributed by atoms with Crippen molar-refractivity contribution >= 4 is 17.4 Å². The number of imidazole rings is 1. The Hall–Kier alpha value is -4.16. The number of ether oxygens (including phenoxy) is 1. The van der Waals surface area contributed by atoms with Crippen LogP contribution in [0.1, 0.15) is 16.1 Å². The van der Waals surface area contributed by atoms with Gasteiger partial charge in [0.25, 0.3) is 5.91 Å². The van der Waals surface area contributed by atoms with E-state index in [4.69, 9.17) is 0 Å². The fourth-order valence-electron chi connectivity index (χ4n) is 3.03. The van der Waals surface area contributed by atoms with Gasteiger partial charge in [-0.05, 0) is 24.3 Å². The predicted octanol–water partition coefficient (Wildman–Crippen LogP) is 5.00. The van der Waals surface area contributed by atoms with Gasteiger partial charge in [0, 0.05) is 11.6 Å². The smallest absolute Gasteiger partial charge is 0.422 e. The molecule has 1 aromatic carbocycles. The molecule has 4 aromatic rings. The lowest BCUT2D eigenvalue weighted by Gasteiger charge is -2.12. The van der Waals surface area contributed by atoms with Crippen molar-refractivity contribution in [3.8, 4) is 17.1 Å². The summed E-state index contributed by atoms with van der Waals surface area (Å²) in [6, 6.07) is 11.4. The number of hydrogen-bond donors (Lipinski definition) is 1. The highest BCUT2D eigenvalue weighted by Gasteiger charge is 2.34. The maximum Gasteiger partial charge on any atom is 0.422 e. The number of pyridine rings is 1. The van der Waals surface area contributed by atoms with Crippen LogP contribution in [0.2, 0.25) is 0 Å². The van der Waals surface area contributed by atoms with Crippen molar-refractivity contribution in [3.05, 3.63) is 72.1 Å². The normalized spacial score (nSPS) is 12.1. The van der Waals surface area contributed by atoms with Gasteiger partial charge < -0.3 is 10.1 Å². The summed E-state index contributed by atoms with van der Waals surface area (Å²) in [5.41, 5.74) is -1.08. The van der Waals surface area contributed by atoms with Gasteiger partial charge in [-0.1, -0.05) is 24.3 Å². The quantitative estimate of drug-likeness (QED) is 0.406. The molecule has 1 amide bonds. The Balaban J connectivity index is 1.62. The number of alkyl halides is 6. The van der Waals surface area contributed by atoms with Crippen molar-refractivity contribution in [2.45, 2.75) is 12.4 Å². The van der Waals surface area contributed by atoms with Crippen molar-refractivity contribution in [1.29, 1.82) is 0 Å². The highest BCUT2D eigenvalue weighted by Crippen LogP contribution is 2.36. The van der Waals surface area contributed by atoms with Gasteiger partial charge in [0.15, 0.2) is 17.9 Å². The van der Waals surface area contributed by atoms with Crippen LogP contribution in [-0.2, 0) is 6.18 Å². The number of hydrogen-bond acceptors (Lipinski definition) is 5. The number of carbonyl (C=O) groups is 1. The van der Waals surface area contributed by atoms with E-state index in [0.29, 0.717) is 0 Å². The van der Waals surface area contributed by atoms with Crippen LogP contribution in [-0.4, -0.2) is 38.3 Å². The number of anilines is 1. The Morgan fingerprint density at radius 1 is 0.971 bits per heavy atom. The van der Waals surface area contributed by atoms with Crippen LogP contribution in [0.3, 0.4) is 0 Å². The molecule has 0 radical (unpaired) electrons. The maximum atomic E-state index is 13.4. The van der Waals surface area contributed by atoms with Crippen molar-refractivity contribution < 1.29 is 35.9 Å². The topological polar surface area (TPSA) is 81.4 Å². The molecule has 0 spiro atoms. The Morgan fingerprint density at radius 2 is 1.74 bits per heavy atom. The number of carbonyl (C=O) groups excluding carboxylic acids is 1. The standard InChI is InChI=1S/C21H13F6N5O2/c22-20(23,24)11-34-18-7-3-6-16(29-18)30-19(33)15-10-28-17-9-8-14(31-32(15)17)12-4-1-2-5-13(12)21(25,26)27/h1-10H,11H2,(H,29,30,33). The van der Waals surface area contributed by atoms with Crippen LogP contribution in [0.4, 0.5) is 32.2 Å². The van der Waals surface area contributed by atoms with Crippen LogP contribution in [0.25, 0.3) is 16.9 Å². The minimum atomic E-state index is -4.62. The highest BCUT2D eigenvalue weighted by molar-refractivity contribution is 6.02. The number of rotatable bonds is 5. The number of nitrogens with zero attached hydrogens (tertiary/aromatic N) is 4. The number of halogens is 6. The molecule has 1 N–H and O–H groups in total. The first-order valence-corrected chi connectivity index (χ1v) is 9.50. The van der Waals surface area contributed by atoms with Gasteiger partial charge in [-0.15, -0.1) is 0 Å². The van der Waals surface area contributed by atoms with Gasteiger partial charge in [0.1, 0.15) is 5.82 Å². The molecule has 0 aliphatic rings. The van der Waals surface area contributed by atoms with Gasteiger partial charge >= 0.3 is 12.4 Å². The van der Waals surface area contributed by atoms with E-state index < -0.39 is 30.4 Å². The third-order valence-electron chi connectivity index (χ3n) is 4.45. The second-order valence-electron chi connectivity index (χ2n) is 6.89. The van der Waals surface area contributed by atoms with E-state index in [1.807, 2.05) is 0 Å². The minimum absolute atomic E-state index is 0.0480. The molecule has 176 valence electrons. The summed E-state index contributed by atoms with van der Waals surface area (Å²) in [6.07, 6.45) is -8.03. The zero-order valence-corrected chi connectivity index (χ0v) is 16.9. The van der Waals surface area contributed by atoms with Gasteiger partial charge in [0.2, 0.25) is 5.88 Å². The van der Waals surface area contributed by atoms with Crippen molar-refractivity contribution in [2.75, 3.05) is 11.9 Å². The van der Waals surface area contributed by atoms with Gasteiger partial charge in [-0.25, -0.2) is 9.50 Å². The molecular formula is C21H13F6N5O2. The zero-order valence-electron chi connectivity index (χ0n) is 16.9. The molecule has 3 aromatic heterocycles. The highest BCUT2D eigenvalue weighted by atomic mass is 19.4. The number of aromatic nitrogens is 4. The van der Waals surface area contributed by atoms with E-state index in [2.05, 4.69) is 25.1 Å². The fourth-order valence-corrected chi connectivity index (χ4v) is 3.03. The number of fused-ring (bicyclic) bond motifs is 1. The second kappa shape index (κ2) is 8.65. The molecule has 0 saturated carbocycles. The second-order valence-corrected chi connectivity index (χ2v) is 6.89. The van der Waals surface area contributed by atoms with Gasteiger partial charge in [-0.2, -0.15) is 36.4 Å². The van der Waals surface area contributed by atoms with E-state index in [-0.39, 0.29) is 34.3 Å². The van der Waals surface area contributed by atoms with E-state index in [1.54, 1.807) is 0 Å². The van der Waals surface area contributed by atoms with Crippen LogP contribution in [0, 0.1) is 0 Å². The minimum Gasteiger partial charge on any atom is -0.468 e. The first-order valence-electron chi connectivity index (χ1n) is 9.50. The molecule has 0 unspecified atom stereocenters. The van der Waals surface area contributed by atoms with Crippen LogP contribution in [0.5, 0.6) is 5.88 Å². The molecule has 34 heavy (non-hydrogen) atoms. The molecule has 4 rings (SSSR count). The Bertz CT molecular complexity index is 1350. The van der Waals surface area contributed by atoms with E-state index >= 15 is 0 Å². The molecule has 7 nitrogen and oxygen atoms in total. The number of benzene rings is 1. The molecule has 0 saturated heterocycles. The molecule has 13 heteroatoms. The summed E-state index contributed by atoms with van der Waals surface area (Å²) in [4.78, 5) is 20.5. The largest absolute Gasteiger partial charge is 0.468 e. The molecular weight excluding hydrogens is 468 g/mol. The summed E-state index contributed by atoms with van der Waals surface area (Å²) in [5.74, 6) is -1.27. The zero-order chi connectivity index (χ0) is 24.5. The summed E-state index contributed by atoms with van der Waals surface area (Å²) in [6.45, 7) is -1.56. The summed E-state index contributed by atoms with van der Waals surface area (Å²) in [7, 11) is 0. The Morgan fingerprint density at radius 3 is 2.47 bits per heavy atom. The summed E-state index contributed by atoms with van der Waals surface area (Å²) < 4.78 is 82.8. The predicted molar refractivity (Wildman–Crippen MR) is 107 cm³/mol. The molecule has 0 aliphatic carbocycles. The SMILES string of the molecule is O=C(Nc1cccc(OCC(F)(F)F)n1)c1cnc2ccc(-c3ccccc3C(F)(F)F)nn12. The lowest BCUT2D eigenvalue weighted by molar-refractivity contribution is -0.154. The summed E-state index contributed by atoms with van der Waals surface area (Å²) in [5, 5.41) is 6.52. The van der Waals surface area contributed by atoms with Crippen LogP contribution in [0.15, 0.2) is 60.8 Å². The van der Waals surface area contributed by atoms with E-state index in [0.717, 1.165) is 16.8 Å². The van der Waals surface area contributed by atoms with E-state index in [9.17, 15) is 31.1 Å². The average Bonchev–Trinajstić information content (AvgIpc) is 3.20. The monoisotopic (exact) mass is 481 g/mol. The first kappa shape index (κ1) is 23.0. The van der Waals surface area contributed by atoms with Gasteiger partial charge in [0.05, 0.1) is 17.5 Å². The molecule has 0 fully saturated rings. The van der Waals surface area contributed by atoms with E-state index in [1.165, 1.54) is 48.5 Å². The van der Waals surface area contributed by atoms with Gasteiger partial charge in [-0.3, -0.25) is 4.79 Å². The lowest BCUT2D eigenvalue weighted by Crippen LogP contribution is -2.20. The summed E-state index contributed by atoms with van der Waals surface area (Å²) >= 11 is 0. The van der Waals surface area contributed by atoms with Crippen LogP contribution < -0.4 is 10.1 Å². The van der Waals surface area contributed by atoms with Crippen molar-refractivity contribution in [3.63, 3.8) is 0 Å². The Labute approximate surface area is 187 Å². The molecule has 0 aliphatic heterocycles. The molecule has 0 bridgehead atoms. The number of nitrogens with one attached hydrogen (secondary N) is 1. The first-order chi connectivity index (χ1) is 16.0. The van der Waals surface area contributed by atoms with Crippen molar-refractivity contribution in [2.24, 2.45) is 0 Å². The molecule has 0 atom stereocenters. The lowest BCUT2D eigenvalue weighted by atomic mass is 10.0. The fraction of sp³-hybridized carbons (Fsp3) is 0.143. The van der Waals surface area contributed by atoms with Crippen LogP contribution >= 0.6 is 0 Å². The average molecular weight is 481 g/mol. The number of amides is 1. The third kappa shape index (κ3) is 5.08. The molecule has 3 heterocycles. The van der Waals surface area contributed by atoms with Crippen molar-refractivity contribution in [1.82, 2.24) is 19.6 Å². The third-order valence-corrected chi connectivity index (χ3v) is 4.45.